The zero-order chi connectivity index (χ0) is 20.3. The average molecular weight is 382 g/mol. The monoisotopic (exact) mass is 382 g/mol. The van der Waals surface area contributed by atoms with Crippen molar-refractivity contribution in [2.24, 2.45) is 0 Å². The number of halogens is 1. The first-order chi connectivity index (χ1) is 13.4. The molecule has 0 aliphatic heterocycles. The quantitative estimate of drug-likeness (QED) is 0.612. The number of rotatable bonds is 6. The number of aryl methyl sites for hydroxylation is 2. The Bertz CT molecular complexity index is 929. The van der Waals surface area contributed by atoms with Crippen LogP contribution in [0.15, 0.2) is 53.1 Å². The normalized spacial score (nSPS) is 11.9. The molecule has 5 nitrogen and oxygen atoms in total. The molecule has 1 atom stereocenters. The molecule has 1 heterocycles. The maximum Gasteiger partial charge on any atom is 0.254 e. The van der Waals surface area contributed by atoms with Gasteiger partial charge < -0.3 is 14.2 Å². The molecule has 3 rings (SSSR count). The third-order valence-electron chi connectivity index (χ3n) is 4.92. The van der Waals surface area contributed by atoms with Gasteiger partial charge in [-0.25, -0.2) is 4.39 Å². The summed E-state index contributed by atoms with van der Waals surface area (Å²) in [6.07, 6.45) is 0. The molecule has 0 aliphatic rings. The van der Waals surface area contributed by atoms with Gasteiger partial charge in [-0.3, -0.25) is 4.79 Å². The number of amides is 1. The Hall–Kier alpha value is -3.15. The van der Waals surface area contributed by atoms with Crippen molar-refractivity contribution in [1.29, 1.82) is 0 Å². The minimum absolute atomic E-state index is 0.117. The summed E-state index contributed by atoms with van der Waals surface area (Å²) in [7, 11) is 1.73. The summed E-state index contributed by atoms with van der Waals surface area (Å²) >= 11 is 0. The first-order valence-electron chi connectivity index (χ1n) is 9.04. The average Bonchev–Trinajstić information content (AvgIpc) is 3.03. The zero-order valence-corrected chi connectivity index (χ0v) is 16.4. The Morgan fingerprint density at radius 1 is 1.14 bits per heavy atom. The third kappa shape index (κ3) is 4.22. The van der Waals surface area contributed by atoms with Gasteiger partial charge in [-0.2, -0.15) is 0 Å². The maximum absolute atomic E-state index is 13.1. The largest absolute Gasteiger partial charge is 0.489 e. The summed E-state index contributed by atoms with van der Waals surface area (Å²) in [6, 6.07) is 13.0. The lowest BCUT2D eigenvalue weighted by molar-refractivity contribution is 0.0742. The molecule has 3 aromatic rings. The molecular weight excluding hydrogens is 359 g/mol. The van der Waals surface area contributed by atoms with E-state index in [9.17, 15) is 9.18 Å². The number of ether oxygens (including phenoxy) is 1. The van der Waals surface area contributed by atoms with E-state index in [4.69, 9.17) is 9.26 Å². The van der Waals surface area contributed by atoms with Gasteiger partial charge in [0.15, 0.2) is 0 Å². The van der Waals surface area contributed by atoms with Gasteiger partial charge in [-0.05, 0) is 62.7 Å². The summed E-state index contributed by atoms with van der Waals surface area (Å²) < 4.78 is 24.0. The molecular formula is C22H23FN2O3. The molecule has 2 aromatic carbocycles. The highest BCUT2D eigenvalue weighted by atomic mass is 19.1. The van der Waals surface area contributed by atoms with Crippen LogP contribution in [0.4, 0.5) is 4.39 Å². The van der Waals surface area contributed by atoms with Crippen molar-refractivity contribution in [1.82, 2.24) is 10.1 Å². The smallest absolute Gasteiger partial charge is 0.254 e. The van der Waals surface area contributed by atoms with Crippen LogP contribution in [0.3, 0.4) is 0 Å². The lowest BCUT2D eigenvalue weighted by Crippen LogP contribution is -2.29. The lowest BCUT2D eigenvalue weighted by Gasteiger charge is -2.25. The molecule has 28 heavy (non-hydrogen) atoms. The summed E-state index contributed by atoms with van der Waals surface area (Å²) in [5, 5.41) is 3.91. The second-order valence-electron chi connectivity index (χ2n) is 6.76. The standard InChI is InChI=1S/C22H23FN2O3/c1-14-21(16(3)28-24-14)13-27-20-11-7-18(8-12-20)22(26)25(4)15(2)17-5-9-19(23)10-6-17/h5-12,15H,13H2,1-4H3. The van der Waals surface area contributed by atoms with Gasteiger partial charge in [0, 0.05) is 12.6 Å². The van der Waals surface area contributed by atoms with Gasteiger partial charge in [0.1, 0.15) is 23.9 Å². The summed E-state index contributed by atoms with van der Waals surface area (Å²) in [5.74, 6) is 0.984. The van der Waals surface area contributed by atoms with E-state index < -0.39 is 0 Å². The Morgan fingerprint density at radius 3 is 2.36 bits per heavy atom. The van der Waals surface area contributed by atoms with E-state index in [1.807, 2.05) is 20.8 Å². The van der Waals surface area contributed by atoms with E-state index in [0.29, 0.717) is 17.9 Å². The molecule has 0 saturated heterocycles. The molecule has 1 unspecified atom stereocenters. The van der Waals surface area contributed by atoms with Crippen LogP contribution >= 0.6 is 0 Å². The van der Waals surface area contributed by atoms with Gasteiger partial charge in [0.05, 0.1) is 17.3 Å². The summed E-state index contributed by atoms with van der Waals surface area (Å²) in [5.41, 5.74) is 3.16. The van der Waals surface area contributed by atoms with Crippen molar-refractivity contribution in [2.45, 2.75) is 33.4 Å². The summed E-state index contributed by atoms with van der Waals surface area (Å²) in [4.78, 5) is 14.4. The fraction of sp³-hybridized carbons (Fsp3) is 0.273. The topological polar surface area (TPSA) is 55.6 Å². The molecule has 1 aromatic heterocycles. The number of benzene rings is 2. The summed E-state index contributed by atoms with van der Waals surface area (Å²) in [6.45, 7) is 5.98. The van der Waals surface area contributed by atoms with E-state index in [-0.39, 0.29) is 17.8 Å². The van der Waals surface area contributed by atoms with Gasteiger partial charge in [0.25, 0.3) is 5.91 Å². The molecule has 0 fully saturated rings. The van der Waals surface area contributed by atoms with Gasteiger partial charge >= 0.3 is 0 Å². The minimum atomic E-state index is -0.294. The highest BCUT2D eigenvalue weighted by Gasteiger charge is 2.19. The van der Waals surface area contributed by atoms with E-state index in [1.54, 1.807) is 48.3 Å². The van der Waals surface area contributed by atoms with Crippen molar-refractivity contribution in [3.8, 4) is 5.75 Å². The van der Waals surface area contributed by atoms with Crippen molar-refractivity contribution < 1.29 is 18.4 Å². The van der Waals surface area contributed by atoms with Gasteiger partial charge in [-0.15, -0.1) is 0 Å². The zero-order valence-electron chi connectivity index (χ0n) is 16.4. The molecule has 0 spiro atoms. The van der Waals surface area contributed by atoms with Gasteiger partial charge in [-0.1, -0.05) is 17.3 Å². The Balaban J connectivity index is 1.65. The molecule has 0 radical (unpaired) electrons. The number of aromatic nitrogens is 1. The predicted molar refractivity (Wildman–Crippen MR) is 104 cm³/mol. The number of carbonyl (C=O) groups excluding carboxylic acids is 1. The van der Waals surface area contributed by atoms with Crippen LogP contribution in [0.25, 0.3) is 0 Å². The molecule has 146 valence electrons. The number of nitrogens with zero attached hydrogens (tertiary/aromatic N) is 2. The second kappa shape index (κ2) is 8.25. The first-order valence-corrected chi connectivity index (χ1v) is 9.04. The molecule has 1 amide bonds. The van der Waals surface area contributed by atoms with Crippen molar-refractivity contribution in [2.75, 3.05) is 7.05 Å². The van der Waals surface area contributed by atoms with E-state index in [1.165, 1.54) is 12.1 Å². The molecule has 6 heteroatoms. The Labute approximate surface area is 163 Å². The predicted octanol–water partition coefficient (Wildman–Crippen LogP) is 4.84. The van der Waals surface area contributed by atoms with E-state index in [0.717, 1.165) is 22.6 Å². The maximum atomic E-state index is 13.1. The molecule has 0 saturated carbocycles. The Morgan fingerprint density at radius 2 is 1.79 bits per heavy atom. The second-order valence-corrected chi connectivity index (χ2v) is 6.76. The highest BCUT2D eigenvalue weighted by molar-refractivity contribution is 5.94. The first kappa shape index (κ1) is 19.6. The lowest BCUT2D eigenvalue weighted by atomic mass is 10.1. The Kier molecular flexibility index (Phi) is 5.78. The minimum Gasteiger partial charge on any atom is -0.489 e. The van der Waals surface area contributed by atoms with Crippen LogP contribution in [0.1, 0.15) is 45.9 Å². The SMILES string of the molecule is Cc1noc(C)c1COc1ccc(C(=O)N(C)C(C)c2ccc(F)cc2)cc1. The molecule has 0 bridgehead atoms. The van der Waals surface area contributed by atoms with Crippen LogP contribution in [0.2, 0.25) is 0 Å². The number of carbonyl (C=O) groups is 1. The fourth-order valence-corrected chi connectivity index (χ4v) is 2.90. The molecule has 0 N–H and O–H groups in total. The van der Waals surface area contributed by atoms with E-state index >= 15 is 0 Å². The van der Waals surface area contributed by atoms with Crippen molar-refractivity contribution in [3.63, 3.8) is 0 Å². The van der Waals surface area contributed by atoms with Crippen LogP contribution in [0, 0.1) is 19.7 Å². The van der Waals surface area contributed by atoms with Crippen molar-refractivity contribution >= 4 is 5.91 Å². The number of hydrogen-bond acceptors (Lipinski definition) is 4. The van der Waals surface area contributed by atoms with E-state index in [2.05, 4.69) is 5.16 Å². The molecule has 0 aliphatic carbocycles. The number of hydrogen-bond donors (Lipinski definition) is 0. The fourth-order valence-electron chi connectivity index (χ4n) is 2.90. The van der Waals surface area contributed by atoms with Crippen LogP contribution in [-0.2, 0) is 6.61 Å². The van der Waals surface area contributed by atoms with Crippen LogP contribution < -0.4 is 4.74 Å². The van der Waals surface area contributed by atoms with Gasteiger partial charge in [0.2, 0.25) is 0 Å². The third-order valence-corrected chi connectivity index (χ3v) is 4.92. The van der Waals surface area contributed by atoms with Crippen LogP contribution in [-0.4, -0.2) is 23.0 Å². The van der Waals surface area contributed by atoms with Crippen LogP contribution in [0.5, 0.6) is 5.75 Å². The van der Waals surface area contributed by atoms with Crippen molar-refractivity contribution in [3.05, 3.63) is 82.5 Å². The highest BCUT2D eigenvalue weighted by Crippen LogP contribution is 2.23.